The molecule has 0 amide bonds. The van der Waals surface area contributed by atoms with Crippen LogP contribution in [0.15, 0.2) is 11.4 Å². The van der Waals surface area contributed by atoms with Gasteiger partial charge in [0.1, 0.15) is 5.83 Å². The summed E-state index contributed by atoms with van der Waals surface area (Å²) in [6, 6.07) is 0. The van der Waals surface area contributed by atoms with Gasteiger partial charge in [0.15, 0.2) is 5.78 Å². The molecule has 0 heterocycles. The first kappa shape index (κ1) is 11.4. The van der Waals surface area contributed by atoms with Gasteiger partial charge in [0.05, 0.1) is 0 Å². The Morgan fingerprint density at radius 3 is 2.36 bits per heavy atom. The maximum atomic E-state index is 13.3. The third-order valence-electron chi connectivity index (χ3n) is 2.43. The van der Waals surface area contributed by atoms with Gasteiger partial charge in [-0.15, -0.1) is 0 Å². The summed E-state index contributed by atoms with van der Waals surface area (Å²) in [5.74, 6) is -0.153. The monoisotopic (exact) mass is 198 g/mol. The van der Waals surface area contributed by atoms with E-state index in [4.69, 9.17) is 0 Å². The molecular formula is C12H19FO. The topological polar surface area (TPSA) is 17.1 Å². The van der Waals surface area contributed by atoms with Crippen LogP contribution in [-0.4, -0.2) is 5.78 Å². The van der Waals surface area contributed by atoms with E-state index in [1.165, 1.54) is 0 Å². The first-order chi connectivity index (χ1) is 6.40. The molecular weight excluding hydrogens is 179 g/mol. The van der Waals surface area contributed by atoms with Crippen LogP contribution in [0.5, 0.6) is 0 Å². The van der Waals surface area contributed by atoms with E-state index in [1.807, 2.05) is 20.8 Å². The molecule has 0 radical (unpaired) electrons. The number of allylic oxidation sites excluding steroid dienone is 2. The van der Waals surface area contributed by atoms with Crippen LogP contribution < -0.4 is 0 Å². The van der Waals surface area contributed by atoms with Crippen LogP contribution in [0, 0.1) is 5.41 Å². The molecule has 0 aromatic rings. The highest BCUT2D eigenvalue weighted by Crippen LogP contribution is 2.30. The van der Waals surface area contributed by atoms with Crippen LogP contribution in [0.2, 0.25) is 0 Å². The molecule has 2 heteroatoms. The lowest BCUT2D eigenvalue weighted by Gasteiger charge is -2.20. The highest BCUT2D eigenvalue weighted by atomic mass is 19.1. The largest absolute Gasteiger partial charge is 0.294 e. The molecule has 1 nitrogen and oxygen atoms in total. The summed E-state index contributed by atoms with van der Waals surface area (Å²) in [6.07, 6.45) is 3.40. The third-order valence-corrected chi connectivity index (χ3v) is 2.43. The normalized spacial score (nSPS) is 18.6. The summed E-state index contributed by atoms with van der Waals surface area (Å²) in [5, 5.41) is 0. The van der Waals surface area contributed by atoms with Crippen LogP contribution in [0.1, 0.15) is 52.9 Å². The molecule has 80 valence electrons. The van der Waals surface area contributed by atoms with Gasteiger partial charge in [-0.25, -0.2) is 4.39 Å². The highest BCUT2D eigenvalue weighted by molar-refractivity contribution is 5.96. The second kappa shape index (κ2) is 4.24. The van der Waals surface area contributed by atoms with Gasteiger partial charge in [0.2, 0.25) is 0 Å². The molecule has 0 bridgehead atoms. The molecule has 1 aliphatic rings. The number of hydrogen-bond acceptors (Lipinski definition) is 1. The molecule has 1 rings (SSSR count). The molecule has 0 N–H and O–H groups in total. The number of Topliss-reactive ketones (excluding diaryl/α,β-unsaturated/α-hetero) is 1. The number of hydrogen-bond donors (Lipinski definition) is 0. The van der Waals surface area contributed by atoms with E-state index in [0.717, 1.165) is 12.8 Å². The summed E-state index contributed by atoms with van der Waals surface area (Å²) in [6.45, 7) is 6.02. The predicted octanol–water partition coefficient (Wildman–Crippen LogP) is 3.79. The molecule has 0 aromatic carbocycles. The Bertz CT molecular complexity index is 258. The fourth-order valence-electron chi connectivity index (χ4n) is 1.75. The van der Waals surface area contributed by atoms with Gasteiger partial charge in [0.25, 0.3) is 0 Å². The summed E-state index contributed by atoms with van der Waals surface area (Å²) in [5.41, 5.74) is 0.424. The lowest BCUT2D eigenvalue weighted by molar-refractivity contribution is -0.117. The Morgan fingerprint density at radius 1 is 1.29 bits per heavy atom. The van der Waals surface area contributed by atoms with Crippen molar-refractivity contribution in [2.75, 3.05) is 0 Å². The molecule has 1 aliphatic carbocycles. The van der Waals surface area contributed by atoms with Crippen LogP contribution in [0.4, 0.5) is 4.39 Å². The standard InChI is InChI=1S/C12H19FO/c1-12(2,3)8-11(14)9-6-4-5-7-10(9)13/h4-8H2,1-3H3. The van der Waals surface area contributed by atoms with Gasteiger partial charge in [-0.05, 0) is 31.1 Å². The van der Waals surface area contributed by atoms with Crippen molar-refractivity contribution in [3.05, 3.63) is 11.4 Å². The minimum Gasteiger partial charge on any atom is -0.294 e. The minimum absolute atomic E-state index is 0.00898. The van der Waals surface area contributed by atoms with Gasteiger partial charge in [-0.2, -0.15) is 0 Å². The van der Waals surface area contributed by atoms with Crippen molar-refractivity contribution in [2.24, 2.45) is 5.41 Å². The molecule has 0 aliphatic heterocycles. The second-order valence-electron chi connectivity index (χ2n) is 5.25. The van der Waals surface area contributed by atoms with E-state index in [9.17, 15) is 9.18 Å². The summed E-state index contributed by atoms with van der Waals surface area (Å²) in [4.78, 5) is 11.7. The van der Waals surface area contributed by atoms with Crippen LogP contribution in [-0.2, 0) is 4.79 Å². The number of halogens is 1. The SMILES string of the molecule is CC(C)(C)CC(=O)C1=C(F)CCCC1. The molecule has 0 spiro atoms. The molecule has 0 unspecified atom stereocenters. The summed E-state index contributed by atoms with van der Waals surface area (Å²) >= 11 is 0. The van der Waals surface area contributed by atoms with E-state index in [-0.39, 0.29) is 17.0 Å². The lowest BCUT2D eigenvalue weighted by atomic mass is 9.85. The Hall–Kier alpha value is -0.660. The Labute approximate surface area is 85.4 Å². The maximum Gasteiger partial charge on any atom is 0.161 e. The van der Waals surface area contributed by atoms with Gasteiger partial charge in [0, 0.05) is 12.0 Å². The first-order valence-electron chi connectivity index (χ1n) is 5.31. The molecule has 0 saturated heterocycles. The zero-order chi connectivity index (χ0) is 10.8. The zero-order valence-corrected chi connectivity index (χ0v) is 9.32. The van der Waals surface area contributed by atoms with E-state index in [1.54, 1.807) is 0 Å². The van der Waals surface area contributed by atoms with Gasteiger partial charge >= 0.3 is 0 Å². The van der Waals surface area contributed by atoms with Crippen LogP contribution in [0.25, 0.3) is 0 Å². The van der Waals surface area contributed by atoms with Gasteiger partial charge < -0.3 is 0 Å². The highest BCUT2D eigenvalue weighted by Gasteiger charge is 2.23. The van der Waals surface area contributed by atoms with Crippen molar-refractivity contribution in [2.45, 2.75) is 52.9 Å². The van der Waals surface area contributed by atoms with Crippen LogP contribution >= 0.6 is 0 Å². The molecule has 0 aromatic heterocycles. The Balaban J connectivity index is 2.69. The Morgan fingerprint density at radius 2 is 1.86 bits per heavy atom. The molecule has 0 saturated carbocycles. The zero-order valence-electron chi connectivity index (χ0n) is 9.32. The maximum absolute atomic E-state index is 13.3. The predicted molar refractivity (Wildman–Crippen MR) is 55.7 cm³/mol. The Kier molecular flexibility index (Phi) is 3.46. The van der Waals surface area contributed by atoms with Gasteiger partial charge in [-0.1, -0.05) is 20.8 Å². The second-order valence-corrected chi connectivity index (χ2v) is 5.25. The minimum atomic E-state index is -0.162. The lowest BCUT2D eigenvalue weighted by Crippen LogP contribution is -2.16. The summed E-state index contributed by atoms with van der Waals surface area (Å²) < 4.78 is 13.3. The van der Waals surface area contributed by atoms with Crippen molar-refractivity contribution in [3.8, 4) is 0 Å². The average molecular weight is 198 g/mol. The van der Waals surface area contributed by atoms with Crippen LogP contribution in [0.3, 0.4) is 0 Å². The number of ketones is 1. The van der Waals surface area contributed by atoms with Crippen molar-refractivity contribution in [3.63, 3.8) is 0 Å². The van der Waals surface area contributed by atoms with E-state index >= 15 is 0 Å². The van der Waals surface area contributed by atoms with E-state index in [2.05, 4.69) is 0 Å². The smallest absolute Gasteiger partial charge is 0.161 e. The first-order valence-corrected chi connectivity index (χ1v) is 5.31. The third kappa shape index (κ3) is 3.24. The molecule has 0 atom stereocenters. The number of carbonyl (C=O) groups excluding carboxylic acids is 1. The van der Waals surface area contributed by atoms with Gasteiger partial charge in [-0.3, -0.25) is 4.79 Å². The van der Waals surface area contributed by atoms with Crippen molar-refractivity contribution in [1.29, 1.82) is 0 Å². The number of carbonyl (C=O) groups is 1. The average Bonchev–Trinajstić information content (AvgIpc) is 2.01. The number of rotatable bonds is 2. The van der Waals surface area contributed by atoms with Crippen molar-refractivity contribution < 1.29 is 9.18 Å². The van der Waals surface area contributed by atoms with Crippen molar-refractivity contribution in [1.82, 2.24) is 0 Å². The van der Waals surface area contributed by atoms with E-state index in [0.29, 0.717) is 24.8 Å². The fraction of sp³-hybridized carbons (Fsp3) is 0.750. The van der Waals surface area contributed by atoms with Crippen molar-refractivity contribution >= 4 is 5.78 Å². The fourth-order valence-corrected chi connectivity index (χ4v) is 1.75. The summed E-state index contributed by atoms with van der Waals surface area (Å²) in [7, 11) is 0. The molecule has 0 fully saturated rings. The quantitative estimate of drug-likeness (QED) is 0.659. The van der Waals surface area contributed by atoms with E-state index < -0.39 is 0 Å². The molecule has 14 heavy (non-hydrogen) atoms.